The molecule has 0 radical (unpaired) electrons. The van der Waals surface area contributed by atoms with Gasteiger partial charge in [-0.2, -0.15) is 0 Å². The van der Waals surface area contributed by atoms with Gasteiger partial charge in [0.15, 0.2) is 6.61 Å². The third-order valence-electron chi connectivity index (χ3n) is 5.12. The van der Waals surface area contributed by atoms with Crippen molar-refractivity contribution in [2.45, 2.75) is 53.1 Å². The molecule has 2 amide bonds. The molecule has 0 saturated carbocycles. The standard InChI is InChI=1S/C25H32Cl2N2O3/c1-5-18-7-11-21(12-8-18)32-16-24(30)29(15-19-9-10-20(26)13-22(19)27)23(6-2)25(31)28-14-17(3)4/h7-13,17,23H,5-6,14-16H2,1-4H3,(H,28,31). The third-order valence-corrected chi connectivity index (χ3v) is 5.71. The molecule has 5 nitrogen and oxygen atoms in total. The van der Waals surface area contributed by atoms with E-state index in [-0.39, 0.29) is 25.0 Å². The minimum Gasteiger partial charge on any atom is -0.484 e. The van der Waals surface area contributed by atoms with Crippen molar-refractivity contribution in [1.82, 2.24) is 10.2 Å². The maximum absolute atomic E-state index is 13.2. The summed E-state index contributed by atoms with van der Waals surface area (Å²) in [4.78, 5) is 27.6. The number of ether oxygens (including phenoxy) is 1. The molecule has 0 aliphatic rings. The first-order valence-corrected chi connectivity index (χ1v) is 11.7. The molecule has 0 spiro atoms. The Morgan fingerprint density at radius 3 is 2.31 bits per heavy atom. The maximum Gasteiger partial charge on any atom is 0.261 e. The van der Waals surface area contributed by atoms with Crippen LogP contribution in [0.4, 0.5) is 0 Å². The summed E-state index contributed by atoms with van der Waals surface area (Å²) in [6, 6.07) is 12.1. The van der Waals surface area contributed by atoms with Crippen molar-refractivity contribution >= 4 is 35.0 Å². The van der Waals surface area contributed by atoms with E-state index in [2.05, 4.69) is 12.2 Å². The fourth-order valence-corrected chi connectivity index (χ4v) is 3.69. The molecule has 0 aromatic heterocycles. The van der Waals surface area contributed by atoms with Crippen LogP contribution in [0, 0.1) is 5.92 Å². The number of hydrogen-bond acceptors (Lipinski definition) is 3. The monoisotopic (exact) mass is 478 g/mol. The Bertz CT molecular complexity index is 901. The second-order valence-electron chi connectivity index (χ2n) is 8.11. The van der Waals surface area contributed by atoms with Gasteiger partial charge in [-0.1, -0.05) is 69.1 Å². The molecule has 1 atom stereocenters. The zero-order valence-corrected chi connectivity index (χ0v) is 20.7. The maximum atomic E-state index is 13.2. The van der Waals surface area contributed by atoms with E-state index in [0.29, 0.717) is 40.2 Å². The van der Waals surface area contributed by atoms with Crippen molar-refractivity contribution in [3.63, 3.8) is 0 Å². The molecule has 2 aromatic carbocycles. The Morgan fingerprint density at radius 2 is 1.75 bits per heavy atom. The van der Waals surface area contributed by atoms with Crippen molar-refractivity contribution in [3.05, 3.63) is 63.6 Å². The minimum atomic E-state index is -0.640. The second-order valence-corrected chi connectivity index (χ2v) is 8.95. The summed E-state index contributed by atoms with van der Waals surface area (Å²) in [7, 11) is 0. The van der Waals surface area contributed by atoms with Crippen LogP contribution in [0.5, 0.6) is 5.75 Å². The highest BCUT2D eigenvalue weighted by atomic mass is 35.5. The van der Waals surface area contributed by atoms with Crippen LogP contribution in [0.25, 0.3) is 0 Å². The Labute approximate surface area is 201 Å². The van der Waals surface area contributed by atoms with E-state index in [0.717, 1.165) is 6.42 Å². The zero-order valence-electron chi connectivity index (χ0n) is 19.2. The molecule has 0 aliphatic carbocycles. The lowest BCUT2D eigenvalue weighted by Crippen LogP contribution is -2.50. The number of carbonyl (C=O) groups excluding carboxylic acids is 2. The molecule has 1 N–H and O–H groups in total. The van der Waals surface area contributed by atoms with Gasteiger partial charge in [0, 0.05) is 23.1 Å². The second kappa shape index (κ2) is 12.7. The molecule has 174 valence electrons. The summed E-state index contributed by atoms with van der Waals surface area (Å²) in [5.74, 6) is 0.437. The molecule has 32 heavy (non-hydrogen) atoms. The lowest BCUT2D eigenvalue weighted by atomic mass is 10.1. The molecule has 7 heteroatoms. The minimum absolute atomic E-state index is 0.176. The normalized spacial score (nSPS) is 11.8. The summed E-state index contributed by atoms with van der Waals surface area (Å²) in [6.07, 6.45) is 1.39. The number of halogens is 2. The van der Waals surface area contributed by atoms with Gasteiger partial charge in [-0.05, 0) is 54.2 Å². The topological polar surface area (TPSA) is 58.6 Å². The van der Waals surface area contributed by atoms with Crippen LogP contribution < -0.4 is 10.1 Å². The molecule has 0 saturated heterocycles. The van der Waals surface area contributed by atoms with Gasteiger partial charge in [0.05, 0.1) is 0 Å². The average Bonchev–Trinajstić information content (AvgIpc) is 2.77. The van der Waals surface area contributed by atoms with E-state index < -0.39 is 6.04 Å². The smallest absolute Gasteiger partial charge is 0.261 e. The van der Waals surface area contributed by atoms with Crippen LogP contribution in [-0.2, 0) is 22.6 Å². The average molecular weight is 479 g/mol. The summed E-state index contributed by atoms with van der Waals surface area (Å²) in [6.45, 7) is 8.55. The highest BCUT2D eigenvalue weighted by molar-refractivity contribution is 6.35. The van der Waals surface area contributed by atoms with E-state index in [4.69, 9.17) is 27.9 Å². The molecule has 0 fully saturated rings. The fraction of sp³-hybridized carbons (Fsp3) is 0.440. The number of amides is 2. The van der Waals surface area contributed by atoms with Crippen LogP contribution >= 0.6 is 23.2 Å². The van der Waals surface area contributed by atoms with Crippen molar-refractivity contribution < 1.29 is 14.3 Å². The first-order valence-electron chi connectivity index (χ1n) is 11.0. The highest BCUT2D eigenvalue weighted by Crippen LogP contribution is 2.24. The van der Waals surface area contributed by atoms with Gasteiger partial charge in [-0.3, -0.25) is 9.59 Å². The van der Waals surface area contributed by atoms with Crippen molar-refractivity contribution in [2.75, 3.05) is 13.2 Å². The lowest BCUT2D eigenvalue weighted by molar-refractivity contribution is -0.143. The molecule has 0 bridgehead atoms. The molecule has 0 aliphatic heterocycles. The summed E-state index contributed by atoms with van der Waals surface area (Å²) >= 11 is 12.4. The fourth-order valence-electron chi connectivity index (χ4n) is 3.22. The number of carbonyl (C=O) groups is 2. The van der Waals surface area contributed by atoms with Crippen LogP contribution in [0.2, 0.25) is 10.0 Å². The Balaban J connectivity index is 2.21. The van der Waals surface area contributed by atoms with Gasteiger partial charge in [-0.15, -0.1) is 0 Å². The third kappa shape index (κ3) is 7.72. The highest BCUT2D eigenvalue weighted by Gasteiger charge is 2.29. The Kier molecular flexibility index (Phi) is 10.3. The number of rotatable bonds is 11. The Hall–Kier alpha value is -2.24. The first-order chi connectivity index (χ1) is 15.2. The number of aryl methyl sites for hydroxylation is 1. The van der Waals surface area contributed by atoms with Gasteiger partial charge in [-0.25, -0.2) is 0 Å². The largest absolute Gasteiger partial charge is 0.484 e. The summed E-state index contributed by atoms with van der Waals surface area (Å²) < 4.78 is 5.73. The van der Waals surface area contributed by atoms with E-state index >= 15 is 0 Å². The number of hydrogen-bond donors (Lipinski definition) is 1. The van der Waals surface area contributed by atoms with Gasteiger partial charge in [0.25, 0.3) is 5.91 Å². The molecular formula is C25H32Cl2N2O3. The lowest BCUT2D eigenvalue weighted by Gasteiger charge is -2.31. The van der Waals surface area contributed by atoms with E-state index in [1.54, 1.807) is 18.2 Å². The SMILES string of the molecule is CCc1ccc(OCC(=O)N(Cc2ccc(Cl)cc2Cl)C(CC)C(=O)NCC(C)C)cc1. The van der Waals surface area contributed by atoms with Crippen LogP contribution in [0.3, 0.4) is 0 Å². The van der Waals surface area contributed by atoms with E-state index in [9.17, 15) is 9.59 Å². The van der Waals surface area contributed by atoms with Crippen molar-refractivity contribution in [1.29, 1.82) is 0 Å². The van der Waals surface area contributed by atoms with Gasteiger partial charge in [0.1, 0.15) is 11.8 Å². The first kappa shape index (κ1) is 26.0. The number of nitrogens with zero attached hydrogens (tertiary/aromatic N) is 1. The van der Waals surface area contributed by atoms with Gasteiger partial charge in [0.2, 0.25) is 5.91 Å². The van der Waals surface area contributed by atoms with Gasteiger partial charge >= 0.3 is 0 Å². The number of nitrogens with one attached hydrogen (secondary N) is 1. The van der Waals surface area contributed by atoms with E-state index in [1.807, 2.05) is 45.0 Å². The van der Waals surface area contributed by atoms with Crippen molar-refractivity contribution in [3.8, 4) is 5.75 Å². The molecule has 0 heterocycles. The Morgan fingerprint density at radius 1 is 1.06 bits per heavy atom. The van der Waals surface area contributed by atoms with Crippen molar-refractivity contribution in [2.24, 2.45) is 5.92 Å². The van der Waals surface area contributed by atoms with Crippen LogP contribution in [0.1, 0.15) is 45.2 Å². The predicted molar refractivity (Wildman–Crippen MR) is 130 cm³/mol. The summed E-state index contributed by atoms with van der Waals surface area (Å²) in [5, 5.41) is 3.90. The molecule has 2 rings (SSSR count). The molecule has 2 aromatic rings. The quantitative estimate of drug-likeness (QED) is 0.462. The van der Waals surface area contributed by atoms with Crippen LogP contribution in [0.15, 0.2) is 42.5 Å². The van der Waals surface area contributed by atoms with Gasteiger partial charge < -0.3 is 15.0 Å². The van der Waals surface area contributed by atoms with Crippen LogP contribution in [-0.4, -0.2) is 35.9 Å². The number of benzene rings is 2. The zero-order chi connectivity index (χ0) is 23.7. The molecular weight excluding hydrogens is 447 g/mol. The molecule has 1 unspecified atom stereocenters. The summed E-state index contributed by atoms with van der Waals surface area (Å²) in [5.41, 5.74) is 1.90. The predicted octanol–water partition coefficient (Wildman–Crippen LogP) is 5.51. The van der Waals surface area contributed by atoms with E-state index in [1.165, 1.54) is 10.5 Å².